The monoisotopic (exact) mass is 321 g/mol. The van der Waals surface area contributed by atoms with Gasteiger partial charge in [-0.25, -0.2) is 18.7 Å². The van der Waals surface area contributed by atoms with E-state index in [1.807, 2.05) is 0 Å². The normalized spacial score (nSPS) is 10.4. The van der Waals surface area contributed by atoms with Crippen LogP contribution in [0.1, 0.15) is 30.0 Å². The molecule has 0 saturated carbocycles. The highest BCUT2D eigenvalue weighted by molar-refractivity contribution is 6.14. The van der Waals surface area contributed by atoms with Crippen LogP contribution in [0.3, 0.4) is 0 Å². The molecule has 0 aliphatic rings. The maximum Gasteiger partial charge on any atom is 0.303 e. The third-order valence-corrected chi connectivity index (χ3v) is 3.13. The Hall–Kier alpha value is -2.90. The van der Waals surface area contributed by atoms with Gasteiger partial charge in [-0.15, -0.1) is 0 Å². The molecule has 0 atom stereocenters. The molecule has 8 heteroatoms. The first kappa shape index (κ1) is 16.5. The van der Waals surface area contributed by atoms with Crippen molar-refractivity contribution in [3.8, 4) is 0 Å². The lowest BCUT2D eigenvalue weighted by Crippen LogP contribution is -2.40. The van der Waals surface area contributed by atoms with E-state index in [0.717, 1.165) is 26.0 Å². The molecule has 2 rings (SSSR count). The minimum atomic E-state index is -0.952. The Kier molecular flexibility index (Phi) is 4.63. The number of amides is 3. The summed E-state index contributed by atoms with van der Waals surface area (Å²) >= 11 is 0. The number of hydrogen-bond acceptors (Lipinski definition) is 4. The summed E-state index contributed by atoms with van der Waals surface area (Å²) in [4.78, 5) is 39.3. The fourth-order valence-corrected chi connectivity index (χ4v) is 2.10. The molecule has 3 amide bonds. The smallest absolute Gasteiger partial charge is 0.303 e. The Morgan fingerprint density at radius 1 is 1.13 bits per heavy atom. The quantitative estimate of drug-likeness (QED) is 0.863. The van der Waals surface area contributed by atoms with Gasteiger partial charge in [-0.05, 0) is 12.1 Å². The van der Waals surface area contributed by atoms with Crippen LogP contribution in [0.4, 0.5) is 8.78 Å². The van der Waals surface area contributed by atoms with Crippen molar-refractivity contribution in [1.82, 2.24) is 14.5 Å². The van der Waals surface area contributed by atoms with Crippen molar-refractivity contribution in [3.05, 3.63) is 53.6 Å². The van der Waals surface area contributed by atoms with Crippen molar-refractivity contribution in [2.75, 3.05) is 0 Å². The Labute approximate surface area is 130 Å². The number of nitrogens with zero attached hydrogens (tertiary/aromatic N) is 3. The first-order valence-electron chi connectivity index (χ1n) is 6.62. The number of rotatable bonds is 3. The zero-order valence-corrected chi connectivity index (χ0v) is 12.4. The largest absolute Gasteiger partial charge is 0.322 e. The molecule has 0 aliphatic heterocycles. The highest BCUT2D eigenvalue weighted by Crippen LogP contribution is 2.15. The number of imidazole rings is 1. The Bertz CT molecular complexity index is 752. The number of carbonyl (C=O) groups is 3. The first-order chi connectivity index (χ1) is 10.8. The molecule has 120 valence electrons. The third-order valence-electron chi connectivity index (χ3n) is 3.13. The average molecular weight is 321 g/mol. The van der Waals surface area contributed by atoms with Crippen LogP contribution in [0.2, 0.25) is 0 Å². The first-order valence-corrected chi connectivity index (χ1v) is 6.62. The molecule has 1 aromatic carbocycles. The van der Waals surface area contributed by atoms with Gasteiger partial charge in [-0.1, -0.05) is 6.07 Å². The van der Waals surface area contributed by atoms with Crippen LogP contribution in [0, 0.1) is 11.6 Å². The fourth-order valence-electron chi connectivity index (χ4n) is 2.10. The van der Waals surface area contributed by atoms with Crippen molar-refractivity contribution in [1.29, 1.82) is 0 Å². The molecule has 0 aliphatic carbocycles. The van der Waals surface area contributed by atoms with E-state index in [1.165, 1.54) is 23.0 Å². The second-order valence-corrected chi connectivity index (χ2v) is 4.76. The van der Waals surface area contributed by atoms with E-state index >= 15 is 0 Å². The van der Waals surface area contributed by atoms with Crippen molar-refractivity contribution in [2.45, 2.75) is 20.4 Å². The summed E-state index contributed by atoms with van der Waals surface area (Å²) in [7, 11) is 0. The maximum absolute atomic E-state index is 13.7. The molecule has 23 heavy (non-hydrogen) atoms. The highest BCUT2D eigenvalue weighted by Gasteiger charge is 2.27. The topological polar surface area (TPSA) is 72.3 Å². The molecule has 1 heterocycles. The number of hydrogen-bond donors (Lipinski definition) is 0. The predicted molar refractivity (Wildman–Crippen MR) is 75.2 cm³/mol. The van der Waals surface area contributed by atoms with Crippen LogP contribution in [0.5, 0.6) is 0 Å². The molecule has 0 spiro atoms. The van der Waals surface area contributed by atoms with Crippen molar-refractivity contribution >= 4 is 17.7 Å². The second kappa shape index (κ2) is 6.47. The van der Waals surface area contributed by atoms with E-state index in [-0.39, 0.29) is 17.9 Å². The summed E-state index contributed by atoms with van der Waals surface area (Å²) in [5.74, 6) is -4.30. The Morgan fingerprint density at radius 2 is 1.70 bits per heavy atom. The van der Waals surface area contributed by atoms with Gasteiger partial charge in [0.25, 0.3) is 0 Å². The van der Waals surface area contributed by atoms with Gasteiger partial charge >= 0.3 is 5.91 Å². The molecule has 0 saturated heterocycles. The average Bonchev–Trinajstić information content (AvgIpc) is 2.90. The molecule has 1 aromatic heterocycles. The number of halogens is 2. The van der Waals surface area contributed by atoms with Gasteiger partial charge in [0.05, 0.1) is 6.54 Å². The minimum absolute atomic E-state index is 0.253. The zero-order valence-electron chi connectivity index (χ0n) is 12.4. The highest BCUT2D eigenvalue weighted by atomic mass is 19.1. The summed E-state index contributed by atoms with van der Waals surface area (Å²) < 4.78 is 28.6. The Balaban J connectivity index is 2.38. The molecule has 0 N–H and O–H groups in total. The van der Waals surface area contributed by atoms with Gasteiger partial charge < -0.3 is 4.57 Å². The Morgan fingerprint density at radius 3 is 2.22 bits per heavy atom. The fraction of sp³-hybridized carbons (Fsp3) is 0.200. The van der Waals surface area contributed by atoms with Crippen LogP contribution >= 0.6 is 0 Å². The number of aromatic nitrogens is 2. The van der Waals surface area contributed by atoms with Gasteiger partial charge in [0, 0.05) is 31.8 Å². The van der Waals surface area contributed by atoms with E-state index in [1.54, 1.807) is 0 Å². The molecule has 0 radical (unpaired) electrons. The van der Waals surface area contributed by atoms with Crippen LogP contribution in [-0.4, -0.2) is 32.2 Å². The number of carbonyl (C=O) groups excluding carboxylic acids is 3. The molecular weight excluding hydrogens is 308 g/mol. The van der Waals surface area contributed by atoms with Crippen LogP contribution < -0.4 is 0 Å². The van der Waals surface area contributed by atoms with Crippen molar-refractivity contribution < 1.29 is 23.2 Å². The molecular formula is C15H13F2N3O3. The second-order valence-electron chi connectivity index (χ2n) is 4.76. The van der Waals surface area contributed by atoms with E-state index in [0.29, 0.717) is 4.90 Å². The maximum atomic E-state index is 13.7. The molecule has 6 nitrogen and oxygen atoms in total. The van der Waals surface area contributed by atoms with Gasteiger partial charge in [0.2, 0.25) is 11.8 Å². The minimum Gasteiger partial charge on any atom is -0.322 e. The summed E-state index contributed by atoms with van der Waals surface area (Å²) in [5.41, 5.74) is -0.253. The van der Waals surface area contributed by atoms with E-state index < -0.39 is 29.4 Å². The van der Waals surface area contributed by atoms with Crippen LogP contribution in [-0.2, 0) is 16.1 Å². The van der Waals surface area contributed by atoms with Crippen molar-refractivity contribution in [2.24, 2.45) is 0 Å². The van der Waals surface area contributed by atoms with Gasteiger partial charge in [0.15, 0.2) is 5.82 Å². The van der Waals surface area contributed by atoms with E-state index in [9.17, 15) is 23.2 Å². The molecule has 0 bridgehead atoms. The molecule has 0 fully saturated rings. The van der Waals surface area contributed by atoms with Gasteiger partial charge in [-0.3, -0.25) is 14.4 Å². The third kappa shape index (κ3) is 3.31. The number of benzene rings is 1. The zero-order chi connectivity index (χ0) is 17.1. The molecule has 0 unspecified atom stereocenters. The van der Waals surface area contributed by atoms with Crippen LogP contribution in [0.15, 0.2) is 30.6 Å². The lowest BCUT2D eigenvalue weighted by molar-refractivity contribution is -0.138. The standard InChI is InChI=1S/C15H13F2N3O3/c1-9(21)20(10(2)22)15(23)14-18-6-7-19(14)8-11-12(16)4-3-5-13(11)17/h3-7H,8H2,1-2H3. The van der Waals surface area contributed by atoms with Gasteiger partial charge in [-0.2, -0.15) is 0 Å². The van der Waals surface area contributed by atoms with Gasteiger partial charge in [0.1, 0.15) is 11.6 Å². The van der Waals surface area contributed by atoms with E-state index in [2.05, 4.69) is 4.98 Å². The lowest BCUT2D eigenvalue weighted by Gasteiger charge is -2.16. The molecule has 2 aromatic rings. The van der Waals surface area contributed by atoms with E-state index in [4.69, 9.17) is 0 Å². The summed E-state index contributed by atoms with van der Waals surface area (Å²) in [6.07, 6.45) is 2.57. The predicted octanol–water partition coefficient (Wildman–Crippen LogP) is 1.74. The van der Waals surface area contributed by atoms with Crippen molar-refractivity contribution in [3.63, 3.8) is 0 Å². The summed E-state index contributed by atoms with van der Waals surface area (Å²) in [5, 5.41) is 0. The number of imide groups is 3. The summed E-state index contributed by atoms with van der Waals surface area (Å²) in [6, 6.07) is 3.41. The van der Waals surface area contributed by atoms with Crippen LogP contribution in [0.25, 0.3) is 0 Å². The lowest BCUT2D eigenvalue weighted by atomic mass is 10.2. The SMILES string of the molecule is CC(=O)N(C(C)=O)C(=O)c1nccn1Cc1c(F)cccc1F. The summed E-state index contributed by atoms with van der Waals surface area (Å²) in [6.45, 7) is 1.81.